The number of hydrogen-bond acceptors (Lipinski definition) is 6. The maximum atomic E-state index is 5.85. The van der Waals surface area contributed by atoms with E-state index in [1.807, 2.05) is 43.8 Å². The number of nitrogens with zero attached hydrogens (tertiary/aromatic N) is 4. The second kappa shape index (κ2) is 7.87. The number of aryl methyl sites for hydroxylation is 3. The van der Waals surface area contributed by atoms with E-state index in [1.54, 1.807) is 7.11 Å². The number of H-pyrrole nitrogens is 1. The first-order valence-electron chi connectivity index (χ1n) is 11.5. The van der Waals surface area contributed by atoms with Crippen LogP contribution in [-0.2, 0) is 7.05 Å². The number of aromatic nitrogens is 4. The van der Waals surface area contributed by atoms with Gasteiger partial charge in [0.05, 0.1) is 29.6 Å². The molecule has 0 bridgehead atoms. The van der Waals surface area contributed by atoms with Gasteiger partial charge in [0.15, 0.2) is 0 Å². The Morgan fingerprint density at radius 2 is 1.83 bits per heavy atom. The molecular formula is C27H26N6O2. The summed E-state index contributed by atoms with van der Waals surface area (Å²) in [6, 6.07) is 14.4. The fourth-order valence-corrected chi connectivity index (χ4v) is 5.00. The lowest BCUT2D eigenvalue weighted by molar-refractivity contribution is 0.393. The first kappa shape index (κ1) is 21.2. The molecule has 2 aromatic carbocycles. The van der Waals surface area contributed by atoms with Crippen LogP contribution < -0.4 is 10.1 Å². The van der Waals surface area contributed by atoms with Gasteiger partial charge in [-0.3, -0.25) is 9.67 Å². The van der Waals surface area contributed by atoms with Crippen molar-refractivity contribution < 1.29 is 9.26 Å². The van der Waals surface area contributed by atoms with Crippen LogP contribution >= 0.6 is 0 Å². The predicted octanol–water partition coefficient (Wildman–Crippen LogP) is 5.38. The standard InChI is InChI=1S/C27H26N6O2/c1-14-22(16(3)35-32-14)19-11-20-18(12-21(19)34-5)24-26(28-13-29-27(24)30-20)23-15(2)33(4)31-25(23)17-9-7-6-8-10-17/h6-12,29-30H,13H2,1-5H3. The van der Waals surface area contributed by atoms with E-state index < -0.39 is 0 Å². The number of ether oxygens (including phenoxy) is 1. The predicted molar refractivity (Wildman–Crippen MR) is 137 cm³/mol. The lowest BCUT2D eigenvalue weighted by Gasteiger charge is -2.17. The molecule has 1 aliphatic heterocycles. The molecule has 4 heterocycles. The zero-order valence-corrected chi connectivity index (χ0v) is 20.4. The van der Waals surface area contributed by atoms with Crippen molar-refractivity contribution >= 4 is 22.4 Å². The summed E-state index contributed by atoms with van der Waals surface area (Å²) in [4.78, 5) is 8.51. The Balaban J connectivity index is 1.59. The number of aromatic amines is 1. The maximum absolute atomic E-state index is 5.85. The highest BCUT2D eigenvalue weighted by Gasteiger charge is 2.29. The molecule has 0 radical (unpaired) electrons. The highest BCUT2D eigenvalue weighted by Crippen LogP contribution is 2.42. The van der Waals surface area contributed by atoms with Gasteiger partial charge in [0.1, 0.15) is 29.7 Å². The Labute approximate surface area is 202 Å². The van der Waals surface area contributed by atoms with Gasteiger partial charge in [-0.05, 0) is 32.9 Å². The number of rotatable bonds is 4. The summed E-state index contributed by atoms with van der Waals surface area (Å²) >= 11 is 0. The number of fused-ring (bicyclic) bond motifs is 3. The largest absolute Gasteiger partial charge is 0.496 e. The molecule has 0 saturated carbocycles. The van der Waals surface area contributed by atoms with E-state index in [4.69, 9.17) is 19.4 Å². The molecule has 0 atom stereocenters. The van der Waals surface area contributed by atoms with Crippen molar-refractivity contribution in [1.82, 2.24) is 19.9 Å². The molecular weight excluding hydrogens is 440 g/mol. The molecule has 0 saturated heterocycles. The van der Waals surface area contributed by atoms with Crippen LogP contribution in [0, 0.1) is 20.8 Å². The lowest BCUT2D eigenvalue weighted by Crippen LogP contribution is -2.17. The minimum absolute atomic E-state index is 0.478. The van der Waals surface area contributed by atoms with Crippen molar-refractivity contribution in [2.75, 3.05) is 19.1 Å². The van der Waals surface area contributed by atoms with E-state index in [1.165, 1.54) is 0 Å². The third-order valence-corrected chi connectivity index (χ3v) is 6.77. The Morgan fingerprint density at radius 1 is 1.03 bits per heavy atom. The Bertz CT molecular complexity index is 1600. The van der Waals surface area contributed by atoms with Crippen LogP contribution in [0.2, 0.25) is 0 Å². The van der Waals surface area contributed by atoms with Crippen LogP contribution in [0.25, 0.3) is 33.3 Å². The van der Waals surface area contributed by atoms with Crippen molar-refractivity contribution in [3.05, 3.63) is 70.7 Å². The van der Waals surface area contributed by atoms with Crippen LogP contribution in [0.5, 0.6) is 5.75 Å². The summed E-state index contributed by atoms with van der Waals surface area (Å²) in [7, 11) is 3.66. The van der Waals surface area contributed by atoms with E-state index in [9.17, 15) is 0 Å². The monoisotopic (exact) mass is 466 g/mol. The van der Waals surface area contributed by atoms with Crippen LogP contribution in [-0.4, -0.2) is 39.4 Å². The number of hydrogen-bond donors (Lipinski definition) is 2. The quantitative estimate of drug-likeness (QED) is 0.371. The molecule has 8 heteroatoms. The van der Waals surface area contributed by atoms with E-state index in [2.05, 4.69) is 46.6 Å². The molecule has 0 unspecified atom stereocenters. The Morgan fingerprint density at radius 3 is 2.54 bits per heavy atom. The molecule has 3 aromatic heterocycles. The van der Waals surface area contributed by atoms with Gasteiger partial charge in [-0.1, -0.05) is 35.5 Å². The van der Waals surface area contributed by atoms with Gasteiger partial charge in [-0.25, -0.2) is 0 Å². The van der Waals surface area contributed by atoms with Gasteiger partial charge < -0.3 is 19.6 Å². The third kappa shape index (κ3) is 3.17. The van der Waals surface area contributed by atoms with Crippen LogP contribution in [0.3, 0.4) is 0 Å². The molecule has 6 rings (SSSR count). The zero-order valence-electron chi connectivity index (χ0n) is 20.4. The number of methoxy groups -OCH3 is 1. The fraction of sp³-hybridized carbons (Fsp3) is 0.222. The van der Waals surface area contributed by atoms with E-state index in [-0.39, 0.29) is 0 Å². The summed E-state index contributed by atoms with van der Waals surface area (Å²) in [5, 5.41) is 13.4. The molecule has 0 fully saturated rings. The van der Waals surface area contributed by atoms with Gasteiger partial charge in [-0.15, -0.1) is 0 Å². The van der Waals surface area contributed by atoms with Crippen LogP contribution in [0.1, 0.15) is 28.3 Å². The summed E-state index contributed by atoms with van der Waals surface area (Å²) in [5.41, 5.74) is 9.72. The third-order valence-electron chi connectivity index (χ3n) is 6.77. The molecule has 0 amide bonds. The number of aliphatic imine (C=N–C) groups is 1. The zero-order chi connectivity index (χ0) is 24.3. The van der Waals surface area contributed by atoms with E-state index in [0.29, 0.717) is 6.67 Å². The highest BCUT2D eigenvalue weighted by molar-refractivity contribution is 6.26. The normalized spacial score (nSPS) is 13.0. The van der Waals surface area contributed by atoms with Crippen molar-refractivity contribution in [3.8, 4) is 28.1 Å². The van der Waals surface area contributed by atoms with E-state index in [0.717, 1.165) is 78.8 Å². The smallest absolute Gasteiger partial charge is 0.141 e. The van der Waals surface area contributed by atoms with Gasteiger partial charge in [-0.2, -0.15) is 5.10 Å². The molecule has 5 aromatic rings. The molecule has 176 valence electrons. The molecule has 8 nitrogen and oxygen atoms in total. The first-order chi connectivity index (χ1) is 17.0. The minimum atomic E-state index is 0.478. The topological polar surface area (TPSA) is 93.3 Å². The molecule has 1 aliphatic rings. The van der Waals surface area contributed by atoms with Gasteiger partial charge in [0.25, 0.3) is 0 Å². The lowest BCUT2D eigenvalue weighted by atomic mass is 9.94. The van der Waals surface area contributed by atoms with Crippen LogP contribution in [0.4, 0.5) is 5.82 Å². The van der Waals surface area contributed by atoms with E-state index >= 15 is 0 Å². The molecule has 2 N–H and O–H groups in total. The van der Waals surface area contributed by atoms with Crippen molar-refractivity contribution in [1.29, 1.82) is 0 Å². The Hall–Kier alpha value is -4.33. The van der Waals surface area contributed by atoms with Crippen LogP contribution in [0.15, 0.2) is 52.0 Å². The van der Waals surface area contributed by atoms with Gasteiger partial charge in [0, 0.05) is 40.3 Å². The van der Waals surface area contributed by atoms with Crippen molar-refractivity contribution in [2.45, 2.75) is 20.8 Å². The Kier molecular flexibility index (Phi) is 4.77. The molecule has 0 spiro atoms. The second-order valence-corrected chi connectivity index (χ2v) is 8.81. The van der Waals surface area contributed by atoms with Gasteiger partial charge in [0.2, 0.25) is 0 Å². The minimum Gasteiger partial charge on any atom is -0.496 e. The average Bonchev–Trinajstić information content (AvgIpc) is 3.50. The number of nitrogens with one attached hydrogen (secondary N) is 2. The average molecular weight is 467 g/mol. The van der Waals surface area contributed by atoms with Crippen molar-refractivity contribution in [3.63, 3.8) is 0 Å². The summed E-state index contributed by atoms with van der Waals surface area (Å²) in [6.45, 7) is 6.43. The summed E-state index contributed by atoms with van der Waals surface area (Å²) < 4.78 is 13.2. The first-order valence-corrected chi connectivity index (χ1v) is 11.5. The second-order valence-electron chi connectivity index (χ2n) is 8.81. The summed E-state index contributed by atoms with van der Waals surface area (Å²) in [6.07, 6.45) is 0. The number of benzene rings is 2. The van der Waals surface area contributed by atoms with Crippen molar-refractivity contribution in [2.24, 2.45) is 12.0 Å². The maximum Gasteiger partial charge on any atom is 0.141 e. The number of anilines is 1. The summed E-state index contributed by atoms with van der Waals surface area (Å²) in [5.74, 6) is 2.45. The van der Waals surface area contributed by atoms with Gasteiger partial charge >= 0.3 is 0 Å². The SMILES string of the molecule is COc1cc2c3c([nH]c2cc1-c1c(C)noc1C)NCN=C3c1c(-c2ccccc2)nn(C)c1C. The highest BCUT2D eigenvalue weighted by atomic mass is 16.5. The molecule has 35 heavy (non-hydrogen) atoms. The fourth-order valence-electron chi connectivity index (χ4n) is 5.00. The molecule has 0 aliphatic carbocycles.